The fourth-order valence-corrected chi connectivity index (χ4v) is 2.34. The molecule has 0 aromatic heterocycles. The number of hydrogen-bond donors (Lipinski definition) is 0. The number of rotatable bonds is 0. The SMILES string of the molecule is C#Cc1ccc2c3c(cccc13)C(=O)N(C)C2=O. The Morgan fingerprint density at radius 1 is 1.06 bits per heavy atom. The summed E-state index contributed by atoms with van der Waals surface area (Å²) in [5.74, 6) is 2.01. The van der Waals surface area contributed by atoms with E-state index in [1.54, 1.807) is 24.3 Å². The molecule has 3 nitrogen and oxygen atoms in total. The van der Waals surface area contributed by atoms with Crippen LogP contribution in [0.3, 0.4) is 0 Å². The molecule has 0 atom stereocenters. The summed E-state index contributed by atoms with van der Waals surface area (Å²) in [6.45, 7) is 0. The first kappa shape index (κ1) is 10.5. The van der Waals surface area contributed by atoms with E-state index >= 15 is 0 Å². The Hall–Kier alpha value is -2.60. The van der Waals surface area contributed by atoms with Crippen LogP contribution in [0.25, 0.3) is 10.8 Å². The maximum absolute atomic E-state index is 12.1. The van der Waals surface area contributed by atoms with Gasteiger partial charge in [-0.15, -0.1) is 6.42 Å². The van der Waals surface area contributed by atoms with E-state index in [-0.39, 0.29) is 11.8 Å². The molecule has 3 heteroatoms. The van der Waals surface area contributed by atoms with Crippen LogP contribution in [-0.2, 0) is 0 Å². The van der Waals surface area contributed by atoms with Gasteiger partial charge in [-0.25, -0.2) is 0 Å². The van der Waals surface area contributed by atoms with Gasteiger partial charge in [0, 0.05) is 29.1 Å². The summed E-state index contributed by atoms with van der Waals surface area (Å²) in [6, 6.07) is 8.76. The molecule has 86 valence electrons. The zero-order chi connectivity index (χ0) is 12.9. The third kappa shape index (κ3) is 1.15. The number of benzene rings is 2. The van der Waals surface area contributed by atoms with Crippen molar-refractivity contribution in [1.29, 1.82) is 0 Å². The number of carbonyl (C=O) groups is 2. The maximum atomic E-state index is 12.1. The second-order valence-electron chi connectivity index (χ2n) is 4.20. The van der Waals surface area contributed by atoms with E-state index in [1.807, 2.05) is 6.07 Å². The number of carbonyl (C=O) groups excluding carboxylic acids is 2. The van der Waals surface area contributed by atoms with Gasteiger partial charge in [0.15, 0.2) is 0 Å². The molecule has 1 heterocycles. The molecule has 0 saturated carbocycles. The summed E-state index contributed by atoms with van der Waals surface area (Å²) >= 11 is 0. The van der Waals surface area contributed by atoms with E-state index < -0.39 is 0 Å². The summed E-state index contributed by atoms with van der Waals surface area (Å²) in [5, 5.41) is 1.45. The van der Waals surface area contributed by atoms with E-state index in [9.17, 15) is 9.59 Å². The first-order valence-electron chi connectivity index (χ1n) is 5.50. The number of amides is 2. The molecule has 0 aliphatic carbocycles. The van der Waals surface area contributed by atoms with Crippen LogP contribution in [0.1, 0.15) is 26.3 Å². The van der Waals surface area contributed by atoms with Crippen LogP contribution >= 0.6 is 0 Å². The van der Waals surface area contributed by atoms with Gasteiger partial charge in [0.2, 0.25) is 0 Å². The summed E-state index contributed by atoms with van der Waals surface area (Å²) in [6.07, 6.45) is 5.44. The Kier molecular flexibility index (Phi) is 2.02. The van der Waals surface area contributed by atoms with Crippen molar-refractivity contribution < 1.29 is 9.59 Å². The molecule has 0 saturated heterocycles. The minimum Gasteiger partial charge on any atom is -0.277 e. The van der Waals surface area contributed by atoms with Crippen LogP contribution in [0.15, 0.2) is 30.3 Å². The molecule has 3 rings (SSSR count). The van der Waals surface area contributed by atoms with Gasteiger partial charge >= 0.3 is 0 Å². The topological polar surface area (TPSA) is 37.4 Å². The molecule has 2 aromatic rings. The highest BCUT2D eigenvalue weighted by molar-refractivity contribution is 6.25. The maximum Gasteiger partial charge on any atom is 0.261 e. The van der Waals surface area contributed by atoms with E-state index in [2.05, 4.69) is 5.92 Å². The molecule has 2 aromatic carbocycles. The zero-order valence-corrected chi connectivity index (χ0v) is 9.73. The van der Waals surface area contributed by atoms with Crippen molar-refractivity contribution in [3.8, 4) is 12.3 Å². The van der Waals surface area contributed by atoms with Gasteiger partial charge in [0.1, 0.15) is 0 Å². The lowest BCUT2D eigenvalue weighted by Gasteiger charge is -2.23. The monoisotopic (exact) mass is 235 g/mol. The van der Waals surface area contributed by atoms with Gasteiger partial charge in [0.25, 0.3) is 11.8 Å². The molecule has 0 bridgehead atoms. The van der Waals surface area contributed by atoms with Crippen LogP contribution in [0.4, 0.5) is 0 Å². The van der Waals surface area contributed by atoms with Gasteiger partial charge in [-0.2, -0.15) is 0 Å². The van der Waals surface area contributed by atoms with Crippen molar-refractivity contribution >= 4 is 22.6 Å². The fraction of sp³-hybridized carbons (Fsp3) is 0.0667. The molecule has 0 radical (unpaired) electrons. The van der Waals surface area contributed by atoms with Gasteiger partial charge in [0.05, 0.1) is 0 Å². The lowest BCUT2D eigenvalue weighted by Crippen LogP contribution is -2.36. The van der Waals surface area contributed by atoms with E-state index in [4.69, 9.17) is 6.42 Å². The van der Waals surface area contributed by atoms with Crippen molar-refractivity contribution in [3.05, 3.63) is 47.0 Å². The van der Waals surface area contributed by atoms with E-state index in [1.165, 1.54) is 7.05 Å². The third-order valence-electron chi connectivity index (χ3n) is 3.27. The van der Waals surface area contributed by atoms with Gasteiger partial charge < -0.3 is 0 Å². The Labute approximate surface area is 104 Å². The molecule has 0 N–H and O–H groups in total. The first-order chi connectivity index (χ1) is 8.65. The van der Waals surface area contributed by atoms with Crippen molar-refractivity contribution in [2.45, 2.75) is 0 Å². The second-order valence-corrected chi connectivity index (χ2v) is 4.20. The number of terminal acetylenes is 1. The lowest BCUT2D eigenvalue weighted by atomic mass is 9.92. The summed E-state index contributed by atoms with van der Waals surface area (Å²) in [7, 11) is 1.49. The molecule has 0 fully saturated rings. The molecule has 1 aliphatic rings. The highest BCUT2D eigenvalue weighted by Crippen LogP contribution is 2.31. The number of nitrogens with zero attached hydrogens (tertiary/aromatic N) is 1. The second kappa shape index (κ2) is 3.44. The zero-order valence-electron chi connectivity index (χ0n) is 9.73. The van der Waals surface area contributed by atoms with Gasteiger partial charge in [-0.3, -0.25) is 14.5 Å². The first-order valence-corrected chi connectivity index (χ1v) is 5.50. The summed E-state index contributed by atoms with van der Waals surface area (Å²) in [5.41, 5.74) is 1.75. The predicted octanol–water partition coefficient (Wildman–Crippen LogP) is 2.05. The third-order valence-corrected chi connectivity index (χ3v) is 3.27. The van der Waals surface area contributed by atoms with Crippen LogP contribution < -0.4 is 0 Å². The Bertz CT molecular complexity index is 731. The van der Waals surface area contributed by atoms with Gasteiger partial charge in [-0.1, -0.05) is 18.1 Å². The van der Waals surface area contributed by atoms with Crippen LogP contribution in [0.5, 0.6) is 0 Å². The fourth-order valence-electron chi connectivity index (χ4n) is 2.34. The largest absolute Gasteiger partial charge is 0.277 e. The van der Waals surface area contributed by atoms with Crippen molar-refractivity contribution in [1.82, 2.24) is 4.90 Å². The highest BCUT2D eigenvalue weighted by Gasteiger charge is 2.30. The number of hydrogen-bond acceptors (Lipinski definition) is 2. The van der Waals surface area contributed by atoms with Crippen LogP contribution in [0.2, 0.25) is 0 Å². The molecule has 1 aliphatic heterocycles. The standard InChI is InChI=1S/C15H9NO2/c1-3-9-7-8-12-13-10(9)5-4-6-11(13)14(17)16(2)15(12)18/h1,4-8H,2H3. The summed E-state index contributed by atoms with van der Waals surface area (Å²) < 4.78 is 0. The lowest BCUT2D eigenvalue weighted by molar-refractivity contribution is 0.0651. The molecular weight excluding hydrogens is 226 g/mol. The average molecular weight is 235 g/mol. The molecular formula is C15H9NO2. The highest BCUT2D eigenvalue weighted by atomic mass is 16.2. The minimum atomic E-state index is -0.285. The van der Waals surface area contributed by atoms with Crippen molar-refractivity contribution in [2.75, 3.05) is 7.05 Å². The Balaban J connectivity index is 2.54. The predicted molar refractivity (Wildman–Crippen MR) is 68.3 cm³/mol. The van der Waals surface area contributed by atoms with Crippen LogP contribution in [-0.4, -0.2) is 23.8 Å². The van der Waals surface area contributed by atoms with E-state index in [0.717, 1.165) is 10.3 Å². The smallest absolute Gasteiger partial charge is 0.261 e. The average Bonchev–Trinajstić information content (AvgIpc) is 2.41. The quantitative estimate of drug-likeness (QED) is 0.517. The molecule has 18 heavy (non-hydrogen) atoms. The Morgan fingerprint density at radius 3 is 2.39 bits per heavy atom. The molecule has 0 unspecified atom stereocenters. The van der Waals surface area contributed by atoms with Crippen molar-refractivity contribution in [3.63, 3.8) is 0 Å². The minimum absolute atomic E-state index is 0.285. The Morgan fingerprint density at radius 2 is 1.72 bits per heavy atom. The van der Waals surface area contributed by atoms with Crippen molar-refractivity contribution in [2.24, 2.45) is 0 Å². The van der Waals surface area contributed by atoms with Crippen LogP contribution in [0, 0.1) is 12.3 Å². The number of imide groups is 1. The summed E-state index contributed by atoms with van der Waals surface area (Å²) in [4.78, 5) is 25.3. The van der Waals surface area contributed by atoms with Gasteiger partial charge in [-0.05, 0) is 23.6 Å². The normalized spacial score (nSPS) is 13.9. The molecule has 0 spiro atoms. The van der Waals surface area contributed by atoms with E-state index in [0.29, 0.717) is 22.1 Å². The molecule has 2 amide bonds.